The van der Waals surface area contributed by atoms with Crippen molar-refractivity contribution in [2.45, 2.75) is 26.9 Å². The summed E-state index contributed by atoms with van der Waals surface area (Å²) in [4.78, 5) is 38.1. The van der Waals surface area contributed by atoms with Crippen LogP contribution in [-0.4, -0.2) is 56.5 Å². The van der Waals surface area contributed by atoms with E-state index in [-0.39, 0.29) is 29.0 Å². The SMILES string of the molecule is Cc1cc(N2CCN(C(=O)c3cccc(F)c3-c3ncccn3)C[C@H](C)O2)nc(C)n1. The smallest absolute Gasteiger partial charge is 0.254 e. The van der Waals surface area contributed by atoms with Crippen molar-refractivity contribution in [3.8, 4) is 11.4 Å². The van der Waals surface area contributed by atoms with Gasteiger partial charge < -0.3 is 4.90 Å². The lowest BCUT2D eigenvalue weighted by atomic mass is 10.0. The van der Waals surface area contributed by atoms with E-state index in [0.29, 0.717) is 31.3 Å². The lowest BCUT2D eigenvalue weighted by Crippen LogP contribution is -2.37. The van der Waals surface area contributed by atoms with Gasteiger partial charge in [-0.05, 0) is 39.0 Å². The number of anilines is 1. The van der Waals surface area contributed by atoms with Gasteiger partial charge in [0.2, 0.25) is 0 Å². The van der Waals surface area contributed by atoms with Crippen LogP contribution in [0.3, 0.4) is 0 Å². The topological polar surface area (TPSA) is 84.3 Å². The van der Waals surface area contributed by atoms with Gasteiger partial charge in [0.25, 0.3) is 5.91 Å². The van der Waals surface area contributed by atoms with Crippen molar-refractivity contribution >= 4 is 11.7 Å². The molecule has 3 aromatic rings. The second kappa shape index (κ2) is 8.73. The fourth-order valence-electron chi connectivity index (χ4n) is 3.62. The van der Waals surface area contributed by atoms with Crippen LogP contribution in [0.15, 0.2) is 42.7 Å². The Morgan fingerprint density at radius 3 is 2.65 bits per heavy atom. The molecule has 0 bridgehead atoms. The molecule has 1 atom stereocenters. The minimum atomic E-state index is -0.537. The molecule has 8 nitrogen and oxygen atoms in total. The Balaban J connectivity index is 1.61. The number of rotatable bonds is 3. The van der Waals surface area contributed by atoms with Gasteiger partial charge in [0.1, 0.15) is 17.7 Å². The Morgan fingerprint density at radius 1 is 1.13 bits per heavy atom. The standard InChI is InChI=1S/C22H23FN6O2/c1-14-12-19(27-16(3)26-14)29-11-10-28(13-15(2)31-29)22(30)17-6-4-7-18(23)20(17)21-24-8-5-9-25-21/h4-9,12,15H,10-11,13H2,1-3H3/t15-/m0/s1. The van der Waals surface area contributed by atoms with E-state index in [0.717, 1.165) is 5.69 Å². The summed E-state index contributed by atoms with van der Waals surface area (Å²) in [5.41, 5.74) is 1.16. The van der Waals surface area contributed by atoms with Gasteiger partial charge in [-0.15, -0.1) is 0 Å². The maximum atomic E-state index is 14.7. The van der Waals surface area contributed by atoms with Gasteiger partial charge in [-0.3, -0.25) is 9.63 Å². The number of hydroxylamine groups is 1. The molecule has 4 rings (SSSR count). The first kappa shape index (κ1) is 20.8. The zero-order chi connectivity index (χ0) is 22.0. The summed E-state index contributed by atoms with van der Waals surface area (Å²) in [6.45, 7) is 6.75. The van der Waals surface area contributed by atoms with Crippen LogP contribution >= 0.6 is 0 Å². The van der Waals surface area contributed by atoms with E-state index in [2.05, 4.69) is 19.9 Å². The summed E-state index contributed by atoms with van der Waals surface area (Å²) in [5, 5.41) is 1.69. The molecule has 2 aromatic heterocycles. The number of amides is 1. The molecule has 3 heterocycles. The lowest BCUT2D eigenvalue weighted by molar-refractivity contribution is 0.0423. The monoisotopic (exact) mass is 422 g/mol. The molecule has 1 saturated heterocycles. The van der Waals surface area contributed by atoms with Gasteiger partial charge in [0.15, 0.2) is 11.6 Å². The summed E-state index contributed by atoms with van der Waals surface area (Å²) in [7, 11) is 0. The lowest BCUT2D eigenvalue weighted by Gasteiger charge is -2.22. The molecule has 1 aliphatic rings. The van der Waals surface area contributed by atoms with Crippen molar-refractivity contribution in [2.24, 2.45) is 0 Å². The van der Waals surface area contributed by atoms with Crippen LogP contribution in [0.5, 0.6) is 0 Å². The number of hydrogen-bond donors (Lipinski definition) is 0. The van der Waals surface area contributed by atoms with Gasteiger partial charge in [-0.1, -0.05) is 6.07 Å². The summed E-state index contributed by atoms with van der Waals surface area (Å²) >= 11 is 0. The van der Waals surface area contributed by atoms with E-state index in [4.69, 9.17) is 4.84 Å². The molecule has 0 saturated carbocycles. The van der Waals surface area contributed by atoms with Crippen molar-refractivity contribution in [3.63, 3.8) is 0 Å². The Labute approximate surface area is 179 Å². The Hall–Kier alpha value is -3.46. The van der Waals surface area contributed by atoms with Crippen LogP contribution in [0.1, 0.15) is 28.8 Å². The number of hydrogen-bond acceptors (Lipinski definition) is 7. The molecule has 0 unspecified atom stereocenters. The Bertz CT molecular complexity index is 1070. The van der Waals surface area contributed by atoms with Crippen molar-refractivity contribution in [2.75, 3.05) is 24.7 Å². The minimum absolute atomic E-state index is 0.102. The summed E-state index contributed by atoms with van der Waals surface area (Å²) in [6.07, 6.45) is 2.76. The molecular formula is C22H23FN6O2. The predicted molar refractivity (Wildman–Crippen MR) is 113 cm³/mol. The maximum Gasteiger partial charge on any atom is 0.254 e. The van der Waals surface area contributed by atoms with Gasteiger partial charge in [-0.2, -0.15) is 0 Å². The van der Waals surface area contributed by atoms with Crippen LogP contribution in [0.4, 0.5) is 10.2 Å². The average Bonchev–Trinajstić information content (AvgIpc) is 2.94. The molecule has 9 heteroatoms. The van der Waals surface area contributed by atoms with E-state index < -0.39 is 5.82 Å². The predicted octanol–water partition coefficient (Wildman–Crippen LogP) is 2.97. The van der Waals surface area contributed by atoms with Gasteiger partial charge in [0.05, 0.1) is 17.7 Å². The summed E-state index contributed by atoms with van der Waals surface area (Å²) < 4.78 is 14.7. The van der Waals surface area contributed by atoms with Crippen LogP contribution in [0.25, 0.3) is 11.4 Å². The van der Waals surface area contributed by atoms with Crippen molar-refractivity contribution in [1.29, 1.82) is 0 Å². The molecule has 1 amide bonds. The van der Waals surface area contributed by atoms with E-state index in [1.807, 2.05) is 26.8 Å². The molecule has 160 valence electrons. The van der Waals surface area contributed by atoms with Crippen LogP contribution in [-0.2, 0) is 4.84 Å². The van der Waals surface area contributed by atoms with E-state index >= 15 is 0 Å². The van der Waals surface area contributed by atoms with Gasteiger partial charge in [0, 0.05) is 37.2 Å². The minimum Gasteiger partial charge on any atom is -0.334 e. The third kappa shape index (κ3) is 4.51. The quantitative estimate of drug-likeness (QED) is 0.642. The largest absolute Gasteiger partial charge is 0.334 e. The third-order valence-electron chi connectivity index (χ3n) is 4.89. The highest BCUT2D eigenvalue weighted by Crippen LogP contribution is 2.26. The Kier molecular flexibility index (Phi) is 5.85. The molecule has 1 aromatic carbocycles. The van der Waals surface area contributed by atoms with Crippen molar-refractivity contribution < 1.29 is 14.0 Å². The number of aryl methyl sites for hydroxylation is 2. The van der Waals surface area contributed by atoms with Crippen molar-refractivity contribution in [3.05, 3.63) is 65.6 Å². The maximum absolute atomic E-state index is 14.7. The zero-order valence-corrected chi connectivity index (χ0v) is 17.6. The van der Waals surface area contributed by atoms with Gasteiger partial charge in [-0.25, -0.2) is 29.4 Å². The average molecular weight is 422 g/mol. The van der Waals surface area contributed by atoms with Crippen molar-refractivity contribution in [1.82, 2.24) is 24.8 Å². The van der Waals surface area contributed by atoms with Crippen LogP contribution < -0.4 is 5.06 Å². The number of halogens is 1. The second-order valence-electron chi connectivity index (χ2n) is 7.42. The van der Waals surface area contributed by atoms with E-state index in [9.17, 15) is 9.18 Å². The summed E-state index contributed by atoms with van der Waals surface area (Å²) in [6, 6.07) is 7.91. The summed E-state index contributed by atoms with van der Waals surface area (Å²) in [5.74, 6) is 0.640. The molecule has 1 fully saturated rings. The fourth-order valence-corrected chi connectivity index (χ4v) is 3.62. The number of benzene rings is 1. The highest BCUT2D eigenvalue weighted by molar-refractivity contribution is 6.00. The number of nitrogens with zero attached hydrogens (tertiary/aromatic N) is 6. The highest BCUT2D eigenvalue weighted by Gasteiger charge is 2.28. The molecule has 0 N–H and O–H groups in total. The molecule has 0 radical (unpaired) electrons. The molecule has 0 aliphatic carbocycles. The number of carbonyl (C=O) groups is 1. The molecular weight excluding hydrogens is 399 g/mol. The van der Waals surface area contributed by atoms with Crippen LogP contribution in [0.2, 0.25) is 0 Å². The first-order chi connectivity index (χ1) is 14.9. The first-order valence-corrected chi connectivity index (χ1v) is 10.0. The molecule has 31 heavy (non-hydrogen) atoms. The highest BCUT2D eigenvalue weighted by atomic mass is 19.1. The Morgan fingerprint density at radius 2 is 1.90 bits per heavy atom. The van der Waals surface area contributed by atoms with E-state index in [1.54, 1.807) is 22.1 Å². The normalized spacial score (nSPS) is 16.8. The van der Waals surface area contributed by atoms with Crippen LogP contribution in [0, 0.1) is 19.7 Å². The molecule has 1 aliphatic heterocycles. The first-order valence-electron chi connectivity index (χ1n) is 10.0. The third-order valence-corrected chi connectivity index (χ3v) is 4.89. The fraction of sp³-hybridized carbons (Fsp3) is 0.318. The molecule has 0 spiro atoms. The van der Waals surface area contributed by atoms with E-state index in [1.165, 1.54) is 24.5 Å². The van der Waals surface area contributed by atoms with Gasteiger partial charge >= 0.3 is 0 Å². The number of aromatic nitrogens is 4. The number of carbonyl (C=O) groups excluding carboxylic acids is 1. The second-order valence-corrected chi connectivity index (χ2v) is 7.42. The zero-order valence-electron chi connectivity index (χ0n) is 17.6.